The minimum Gasteiger partial charge on any atom is -0.497 e. The first kappa shape index (κ1) is 19.4. The minimum absolute atomic E-state index is 0.335. The average molecular weight is 358 g/mol. The maximum absolute atomic E-state index is 12.1. The predicted octanol–water partition coefficient (Wildman–Crippen LogP) is 3.83. The van der Waals surface area contributed by atoms with Gasteiger partial charge in [-0.2, -0.15) is 0 Å². The van der Waals surface area contributed by atoms with Crippen LogP contribution in [0.5, 0.6) is 17.2 Å². The molecular formula is C20H26N2O4. The quantitative estimate of drug-likeness (QED) is 0.738. The summed E-state index contributed by atoms with van der Waals surface area (Å²) in [6.45, 7) is 6.86. The van der Waals surface area contributed by atoms with E-state index in [4.69, 9.17) is 14.2 Å². The van der Waals surface area contributed by atoms with Crippen LogP contribution >= 0.6 is 0 Å². The molecule has 0 bridgehead atoms. The number of aryl methyl sites for hydroxylation is 2. The standard InChI is InChI=1S/C20H26N2O4/c1-13-6-7-14(2)19(15(13)3)26-11-10-21-20(23)22-17-12-16(24-4)8-9-18(17)25-5/h6-9,12H,10-11H2,1-5H3,(H2,21,22,23). The molecule has 0 fully saturated rings. The molecule has 0 aromatic heterocycles. The van der Waals surface area contributed by atoms with E-state index in [1.807, 2.05) is 19.9 Å². The molecule has 0 atom stereocenters. The number of urea groups is 1. The molecule has 6 heteroatoms. The van der Waals surface area contributed by atoms with Gasteiger partial charge in [0.05, 0.1) is 26.5 Å². The van der Waals surface area contributed by atoms with Gasteiger partial charge >= 0.3 is 6.03 Å². The number of nitrogens with one attached hydrogen (secondary N) is 2. The summed E-state index contributed by atoms with van der Waals surface area (Å²) in [5.74, 6) is 2.07. The molecule has 0 aliphatic carbocycles. The van der Waals surface area contributed by atoms with Crippen LogP contribution in [-0.4, -0.2) is 33.4 Å². The van der Waals surface area contributed by atoms with Gasteiger partial charge in [0.1, 0.15) is 23.9 Å². The van der Waals surface area contributed by atoms with E-state index in [2.05, 4.69) is 23.6 Å². The van der Waals surface area contributed by atoms with Crippen molar-refractivity contribution in [2.24, 2.45) is 0 Å². The van der Waals surface area contributed by atoms with Crippen molar-refractivity contribution in [3.05, 3.63) is 47.0 Å². The van der Waals surface area contributed by atoms with Crippen LogP contribution in [0.15, 0.2) is 30.3 Å². The van der Waals surface area contributed by atoms with Crippen molar-refractivity contribution in [1.29, 1.82) is 0 Å². The number of anilines is 1. The number of methoxy groups -OCH3 is 2. The number of hydrogen-bond donors (Lipinski definition) is 2. The lowest BCUT2D eigenvalue weighted by atomic mass is 10.1. The Morgan fingerprint density at radius 1 is 1.00 bits per heavy atom. The molecule has 2 amide bonds. The maximum atomic E-state index is 12.1. The van der Waals surface area contributed by atoms with Gasteiger partial charge in [0.15, 0.2) is 0 Å². The summed E-state index contributed by atoms with van der Waals surface area (Å²) in [6.07, 6.45) is 0. The van der Waals surface area contributed by atoms with Crippen LogP contribution < -0.4 is 24.8 Å². The van der Waals surface area contributed by atoms with Crippen LogP contribution in [0.4, 0.5) is 10.5 Å². The highest BCUT2D eigenvalue weighted by Gasteiger charge is 2.10. The summed E-state index contributed by atoms with van der Waals surface area (Å²) in [6, 6.07) is 8.98. The van der Waals surface area contributed by atoms with Crippen LogP contribution in [0.2, 0.25) is 0 Å². The maximum Gasteiger partial charge on any atom is 0.319 e. The van der Waals surface area contributed by atoms with Crippen LogP contribution in [0.3, 0.4) is 0 Å². The van der Waals surface area contributed by atoms with Gasteiger partial charge in [0.2, 0.25) is 0 Å². The van der Waals surface area contributed by atoms with Gasteiger partial charge in [-0.25, -0.2) is 4.79 Å². The predicted molar refractivity (Wildman–Crippen MR) is 103 cm³/mol. The lowest BCUT2D eigenvalue weighted by Crippen LogP contribution is -2.32. The van der Waals surface area contributed by atoms with Crippen molar-refractivity contribution < 1.29 is 19.0 Å². The van der Waals surface area contributed by atoms with E-state index in [1.165, 1.54) is 5.56 Å². The normalized spacial score (nSPS) is 10.2. The second-order valence-electron chi connectivity index (χ2n) is 5.95. The molecule has 0 aliphatic rings. The molecule has 0 spiro atoms. The van der Waals surface area contributed by atoms with E-state index in [-0.39, 0.29) is 6.03 Å². The topological polar surface area (TPSA) is 68.8 Å². The van der Waals surface area contributed by atoms with Crippen molar-refractivity contribution >= 4 is 11.7 Å². The van der Waals surface area contributed by atoms with E-state index in [0.29, 0.717) is 30.3 Å². The largest absolute Gasteiger partial charge is 0.497 e. The Labute approximate surface area is 154 Å². The Hall–Kier alpha value is -2.89. The van der Waals surface area contributed by atoms with Gasteiger partial charge < -0.3 is 24.8 Å². The van der Waals surface area contributed by atoms with Crippen molar-refractivity contribution in [3.63, 3.8) is 0 Å². The summed E-state index contributed by atoms with van der Waals surface area (Å²) in [7, 11) is 3.11. The van der Waals surface area contributed by atoms with Gasteiger partial charge in [0.25, 0.3) is 0 Å². The molecule has 0 saturated heterocycles. The third-order valence-electron chi connectivity index (χ3n) is 4.16. The van der Waals surface area contributed by atoms with Crippen molar-refractivity contribution in [2.75, 3.05) is 32.7 Å². The molecule has 0 radical (unpaired) electrons. The smallest absolute Gasteiger partial charge is 0.319 e. The second-order valence-corrected chi connectivity index (χ2v) is 5.95. The van der Waals surface area contributed by atoms with Crippen LogP contribution in [0.25, 0.3) is 0 Å². The van der Waals surface area contributed by atoms with E-state index >= 15 is 0 Å². The molecule has 140 valence electrons. The van der Waals surface area contributed by atoms with Crippen molar-refractivity contribution in [3.8, 4) is 17.2 Å². The summed E-state index contributed by atoms with van der Waals surface area (Å²) in [5, 5.41) is 5.53. The highest BCUT2D eigenvalue weighted by Crippen LogP contribution is 2.28. The van der Waals surface area contributed by atoms with E-state index in [9.17, 15) is 4.79 Å². The van der Waals surface area contributed by atoms with Crippen LogP contribution in [-0.2, 0) is 0 Å². The molecule has 0 unspecified atom stereocenters. The molecule has 26 heavy (non-hydrogen) atoms. The Morgan fingerprint density at radius 2 is 1.73 bits per heavy atom. The fourth-order valence-electron chi connectivity index (χ4n) is 2.54. The minimum atomic E-state index is -0.335. The zero-order chi connectivity index (χ0) is 19.1. The fourth-order valence-corrected chi connectivity index (χ4v) is 2.54. The van der Waals surface area contributed by atoms with Crippen molar-refractivity contribution in [1.82, 2.24) is 5.32 Å². The molecule has 2 rings (SSSR count). The molecule has 0 heterocycles. The molecule has 2 N–H and O–H groups in total. The van der Waals surface area contributed by atoms with Gasteiger partial charge in [-0.05, 0) is 49.6 Å². The number of benzene rings is 2. The lowest BCUT2D eigenvalue weighted by molar-refractivity contribution is 0.247. The Bertz CT molecular complexity index is 775. The highest BCUT2D eigenvalue weighted by molar-refractivity contribution is 5.91. The Morgan fingerprint density at radius 3 is 2.42 bits per heavy atom. The Kier molecular flexibility index (Phi) is 6.72. The van der Waals surface area contributed by atoms with Gasteiger partial charge in [-0.1, -0.05) is 12.1 Å². The summed E-state index contributed by atoms with van der Waals surface area (Å²) in [4.78, 5) is 12.1. The first-order valence-corrected chi connectivity index (χ1v) is 8.42. The zero-order valence-electron chi connectivity index (χ0n) is 15.9. The monoisotopic (exact) mass is 358 g/mol. The fraction of sp³-hybridized carbons (Fsp3) is 0.350. The number of carbonyl (C=O) groups is 1. The number of rotatable bonds is 7. The zero-order valence-corrected chi connectivity index (χ0v) is 15.9. The van der Waals surface area contributed by atoms with Gasteiger partial charge in [-0.15, -0.1) is 0 Å². The van der Waals surface area contributed by atoms with Crippen molar-refractivity contribution in [2.45, 2.75) is 20.8 Å². The highest BCUT2D eigenvalue weighted by atomic mass is 16.5. The summed E-state index contributed by atoms with van der Waals surface area (Å²) in [5.41, 5.74) is 3.92. The second kappa shape index (κ2) is 8.99. The molecule has 0 saturated carbocycles. The third-order valence-corrected chi connectivity index (χ3v) is 4.16. The molecule has 0 aliphatic heterocycles. The SMILES string of the molecule is COc1ccc(OC)c(NC(=O)NCCOc2c(C)ccc(C)c2C)c1. The Balaban J connectivity index is 1.88. The number of amides is 2. The third kappa shape index (κ3) is 4.81. The molecule has 2 aromatic carbocycles. The lowest BCUT2D eigenvalue weighted by Gasteiger charge is -2.15. The van der Waals surface area contributed by atoms with E-state index in [1.54, 1.807) is 32.4 Å². The van der Waals surface area contributed by atoms with Gasteiger partial charge in [0, 0.05) is 6.07 Å². The molecular weight excluding hydrogens is 332 g/mol. The summed E-state index contributed by atoms with van der Waals surface area (Å²) < 4.78 is 16.3. The average Bonchev–Trinajstić information content (AvgIpc) is 2.64. The van der Waals surface area contributed by atoms with Crippen LogP contribution in [0.1, 0.15) is 16.7 Å². The van der Waals surface area contributed by atoms with E-state index < -0.39 is 0 Å². The first-order chi connectivity index (χ1) is 12.5. The van der Waals surface area contributed by atoms with Gasteiger partial charge in [-0.3, -0.25) is 0 Å². The summed E-state index contributed by atoms with van der Waals surface area (Å²) >= 11 is 0. The molecule has 2 aromatic rings. The number of ether oxygens (including phenoxy) is 3. The molecule has 6 nitrogen and oxygen atoms in total. The van der Waals surface area contributed by atoms with E-state index in [0.717, 1.165) is 16.9 Å². The number of hydrogen-bond acceptors (Lipinski definition) is 4. The van der Waals surface area contributed by atoms with Crippen LogP contribution in [0, 0.1) is 20.8 Å². The first-order valence-electron chi connectivity index (χ1n) is 8.42. The number of carbonyl (C=O) groups excluding carboxylic acids is 1.